The predicted octanol–water partition coefficient (Wildman–Crippen LogP) is 2.72. The van der Waals surface area contributed by atoms with E-state index in [0.29, 0.717) is 5.92 Å². The van der Waals surface area contributed by atoms with Gasteiger partial charge in [-0.25, -0.2) is 0 Å². The molecule has 0 spiro atoms. The summed E-state index contributed by atoms with van der Waals surface area (Å²) < 4.78 is 0. The highest BCUT2D eigenvalue weighted by atomic mass is 32.1. The fourth-order valence-electron chi connectivity index (χ4n) is 1.80. The van der Waals surface area contributed by atoms with Gasteiger partial charge in [-0.15, -0.1) is 11.3 Å². The summed E-state index contributed by atoms with van der Waals surface area (Å²) in [4.78, 5) is 12.1. The quantitative estimate of drug-likeness (QED) is 0.807. The van der Waals surface area contributed by atoms with Crippen LogP contribution in [0, 0.1) is 5.92 Å². The van der Waals surface area contributed by atoms with E-state index >= 15 is 0 Å². The standard InChI is InChI=1S/C10H12O2S/c11-10(12)9(7-3-1-4-7)8-5-2-6-13-8/h2,5-7,9H,1,3-4H2,(H,11,12). The van der Waals surface area contributed by atoms with E-state index in [1.807, 2.05) is 17.5 Å². The molecule has 3 heteroatoms. The Kier molecular flexibility index (Phi) is 2.36. The second-order valence-electron chi connectivity index (χ2n) is 3.52. The maximum Gasteiger partial charge on any atom is 0.312 e. The van der Waals surface area contributed by atoms with Crippen molar-refractivity contribution >= 4 is 17.3 Å². The Morgan fingerprint density at radius 1 is 1.62 bits per heavy atom. The highest BCUT2D eigenvalue weighted by Crippen LogP contribution is 2.40. The fourth-order valence-corrected chi connectivity index (χ4v) is 2.71. The zero-order chi connectivity index (χ0) is 9.26. The number of thiophene rings is 1. The van der Waals surface area contributed by atoms with Crippen molar-refractivity contribution in [3.8, 4) is 0 Å². The first-order chi connectivity index (χ1) is 6.29. The molecule has 0 bridgehead atoms. The third kappa shape index (κ3) is 1.61. The molecular weight excluding hydrogens is 184 g/mol. The molecule has 2 rings (SSSR count). The minimum absolute atomic E-state index is 0.242. The maximum atomic E-state index is 11.0. The van der Waals surface area contributed by atoms with Gasteiger partial charge in [0.25, 0.3) is 0 Å². The van der Waals surface area contributed by atoms with Crippen molar-refractivity contribution in [2.24, 2.45) is 5.92 Å². The molecule has 0 aliphatic heterocycles. The van der Waals surface area contributed by atoms with E-state index in [1.54, 1.807) is 11.3 Å². The van der Waals surface area contributed by atoms with Gasteiger partial charge in [-0.05, 0) is 30.2 Å². The molecule has 1 atom stereocenters. The van der Waals surface area contributed by atoms with Crippen LogP contribution in [0.25, 0.3) is 0 Å². The van der Waals surface area contributed by atoms with Gasteiger partial charge in [0.15, 0.2) is 0 Å². The molecule has 1 aliphatic rings. The average Bonchev–Trinajstić information content (AvgIpc) is 2.46. The summed E-state index contributed by atoms with van der Waals surface area (Å²) in [6.45, 7) is 0. The minimum Gasteiger partial charge on any atom is -0.481 e. The normalized spacial score (nSPS) is 19.4. The van der Waals surface area contributed by atoms with E-state index in [4.69, 9.17) is 5.11 Å². The van der Waals surface area contributed by atoms with Gasteiger partial charge >= 0.3 is 5.97 Å². The number of carbonyl (C=O) groups is 1. The van der Waals surface area contributed by atoms with Crippen LogP contribution in [0.3, 0.4) is 0 Å². The van der Waals surface area contributed by atoms with Crippen LogP contribution in [0.4, 0.5) is 0 Å². The topological polar surface area (TPSA) is 37.3 Å². The number of carboxylic acids is 1. The van der Waals surface area contributed by atoms with Crippen molar-refractivity contribution < 1.29 is 9.90 Å². The van der Waals surface area contributed by atoms with Gasteiger partial charge in [-0.1, -0.05) is 12.5 Å². The second kappa shape index (κ2) is 3.50. The fraction of sp³-hybridized carbons (Fsp3) is 0.500. The summed E-state index contributed by atoms with van der Waals surface area (Å²) >= 11 is 1.56. The van der Waals surface area contributed by atoms with Gasteiger partial charge in [-0.3, -0.25) is 4.79 Å². The van der Waals surface area contributed by atoms with Crippen LogP contribution in [0.5, 0.6) is 0 Å². The van der Waals surface area contributed by atoms with Crippen LogP contribution >= 0.6 is 11.3 Å². The Bertz CT molecular complexity index is 288. The molecule has 1 aromatic rings. The Balaban J connectivity index is 2.18. The zero-order valence-corrected chi connectivity index (χ0v) is 8.09. The smallest absolute Gasteiger partial charge is 0.312 e. The zero-order valence-electron chi connectivity index (χ0n) is 7.27. The molecule has 1 heterocycles. The van der Waals surface area contributed by atoms with Crippen molar-refractivity contribution in [3.63, 3.8) is 0 Å². The lowest BCUT2D eigenvalue weighted by Crippen LogP contribution is -2.25. The highest BCUT2D eigenvalue weighted by molar-refractivity contribution is 7.10. The lowest BCUT2D eigenvalue weighted by atomic mass is 9.75. The monoisotopic (exact) mass is 196 g/mol. The van der Waals surface area contributed by atoms with Gasteiger partial charge in [0.05, 0.1) is 5.92 Å². The molecule has 2 nitrogen and oxygen atoms in total. The van der Waals surface area contributed by atoms with Gasteiger partial charge in [0.2, 0.25) is 0 Å². The van der Waals surface area contributed by atoms with Crippen molar-refractivity contribution in [2.45, 2.75) is 25.2 Å². The lowest BCUT2D eigenvalue weighted by molar-refractivity contribution is -0.141. The molecule has 0 radical (unpaired) electrons. The molecule has 1 aliphatic carbocycles. The SMILES string of the molecule is O=C(O)C(c1cccs1)C1CCC1. The Labute approximate surface area is 81.2 Å². The van der Waals surface area contributed by atoms with Crippen LogP contribution in [0.1, 0.15) is 30.1 Å². The van der Waals surface area contributed by atoms with Crippen molar-refractivity contribution in [3.05, 3.63) is 22.4 Å². The minimum atomic E-state index is -0.660. The number of hydrogen-bond donors (Lipinski definition) is 1. The summed E-state index contributed by atoms with van der Waals surface area (Å²) in [6, 6.07) is 3.86. The number of aliphatic carboxylic acids is 1. The summed E-state index contributed by atoms with van der Waals surface area (Å²) in [7, 11) is 0. The van der Waals surface area contributed by atoms with Gasteiger partial charge in [-0.2, -0.15) is 0 Å². The third-order valence-corrected chi connectivity index (χ3v) is 3.69. The van der Waals surface area contributed by atoms with Crippen LogP contribution in [0.2, 0.25) is 0 Å². The van der Waals surface area contributed by atoms with E-state index in [-0.39, 0.29) is 5.92 Å². The van der Waals surface area contributed by atoms with Gasteiger partial charge < -0.3 is 5.11 Å². The van der Waals surface area contributed by atoms with Crippen LogP contribution in [-0.2, 0) is 4.79 Å². The molecule has 0 amide bonds. The van der Waals surface area contributed by atoms with E-state index in [0.717, 1.165) is 17.7 Å². The van der Waals surface area contributed by atoms with Crippen molar-refractivity contribution in [1.29, 1.82) is 0 Å². The largest absolute Gasteiger partial charge is 0.481 e. The second-order valence-corrected chi connectivity index (χ2v) is 4.50. The Morgan fingerprint density at radius 3 is 2.77 bits per heavy atom. The summed E-state index contributed by atoms with van der Waals surface area (Å²) in [6.07, 6.45) is 3.35. The van der Waals surface area contributed by atoms with E-state index in [1.165, 1.54) is 6.42 Å². The Hall–Kier alpha value is -0.830. The average molecular weight is 196 g/mol. The maximum absolute atomic E-state index is 11.0. The molecule has 1 unspecified atom stereocenters. The highest BCUT2D eigenvalue weighted by Gasteiger charge is 2.34. The number of rotatable bonds is 3. The van der Waals surface area contributed by atoms with Crippen molar-refractivity contribution in [2.75, 3.05) is 0 Å². The first-order valence-corrected chi connectivity index (χ1v) is 5.43. The lowest BCUT2D eigenvalue weighted by Gasteiger charge is -2.30. The van der Waals surface area contributed by atoms with Crippen LogP contribution in [-0.4, -0.2) is 11.1 Å². The predicted molar refractivity (Wildman–Crippen MR) is 52.0 cm³/mol. The molecule has 70 valence electrons. The summed E-state index contributed by atoms with van der Waals surface area (Å²) in [5, 5.41) is 11.0. The molecular formula is C10H12O2S. The molecule has 1 N–H and O–H groups in total. The summed E-state index contributed by atoms with van der Waals surface area (Å²) in [5.74, 6) is -0.517. The van der Waals surface area contributed by atoms with E-state index in [9.17, 15) is 4.79 Å². The first-order valence-electron chi connectivity index (χ1n) is 4.55. The van der Waals surface area contributed by atoms with Gasteiger partial charge in [0.1, 0.15) is 0 Å². The van der Waals surface area contributed by atoms with Crippen LogP contribution in [0.15, 0.2) is 17.5 Å². The molecule has 0 saturated heterocycles. The van der Waals surface area contributed by atoms with Crippen molar-refractivity contribution in [1.82, 2.24) is 0 Å². The number of carboxylic acid groups (broad SMARTS) is 1. The molecule has 0 aromatic carbocycles. The molecule has 1 fully saturated rings. The first kappa shape index (κ1) is 8.75. The third-order valence-electron chi connectivity index (χ3n) is 2.74. The number of hydrogen-bond acceptors (Lipinski definition) is 2. The van der Waals surface area contributed by atoms with E-state index in [2.05, 4.69) is 0 Å². The summed E-state index contributed by atoms with van der Waals surface area (Å²) in [5.41, 5.74) is 0. The molecule has 13 heavy (non-hydrogen) atoms. The Morgan fingerprint density at radius 2 is 2.38 bits per heavy atom. The molecule has 1 aromatic heterocycles. The molecule has 1 saturated carbocycles. The van der Waals surface area contributed by atoms with Crippen LogP contribution < -0.4 is 0 Å². The van der Waals surface area contributed by atoms with E-state index < -0.39 is 5.97 Å². The van der Waals surface area contributed by atoms with Gasteiger partial charge in [0, 0.05) is 4.88 Å².